The van der Waals surface area contributed by atoms with Gasteiger partial charge in [0.05, 0.1) is 0 Å². The third-order valence-electron chi connectivity index (χ3n) is 2.94. The van der Waals surface area contributed by atoms with Crippen molar-refractivity contribution in [2.24, 2.45) is 0 Å². The average Bonchev–Trinajstić information content (AvgIpc) is 2.91. The summed E-state index contributed by atoms with van der Waals surface area (Å²) in [5, 5.41) is 8.69. The zero-order valence-corrected chi connectivity index (χ0v) is 13.1. The van der Waals surface area contributed by atoms with Gasteiger partial charge in [0.15, 0.2) is 5.82 Å². The number of amides is 3. The summed E-state index contributed by atoms with van der Waals surface area (Å²) in [6, 6.07) is 6.48. The van der Waals surface area contributed by atoms with Crippen molar-refractivity contribution in [1.82, 2.24) is 10.1 Å². The summed E-state index contributed by atoms with van der Waals surface area (Å²) in [6.07, 6.45) is 1.48. The Balaban J connectivity index is 1.98. The van der Waals surface area contributed by atoms with Gasteiger partial charge in [0, 0.05) is 18.3 Å². The molecule has 8 heteroatoms. The second-order valence-corrected chi connectivity index (χ2v) is 4.98. The highest BCUT2D eigenvalue weighted by Crippen LogP contribution is 2.11. The second-order valence-electron chi connectivity index (χ2n) is 4.98. The molecule has 0 saturated carbocycles. The van der Waals surface area contributed by atoms with Crippen LogP contribution < -0.4 is 10.6 Å². The maximum absolute atomic E-state index is 13.2. The molecule has 0 spiro atoms. The quantitative estimate of drug-likeness (QED) is 0.796. The fraction of sp³-hybridized carbons (Fsp3) is 0.188. The average molecular weight is 332 g/mol. The number of nitrogens with one attached hydrogen (secondary N) is 2. The topological polar surface area (TPSA) is 87.5 Å². The van der Waals surface area contributed by atoms with E-state index in [4.69, 9.17) is 4.52 Å². The maximum Gasteiger partial charge on any atom is 0.322 e. The minimum absolute atomic E-state index is 0.145. The number of carbonyl (C=O) groups excluding carboxylic acids is 2. The Morgan fingerprint density at radius 3 is 2.79 bits per heavy atom. The number of aryl methyl sites for hydroxylation is 1. The number of hydrogen-bond acceptors (Lipinski definition) is 4. The molecule has 0 bridgehead atoms. The first-order valence-electron chi connectivity index (χ1n) is 7.13. The first-order valence-corrected chi connectivity index (χ1v) is 7.13. The predicted molar refractivity (Wildman–Crippen MR) is 87.1 cm³/mol. The lowest BCUT2D eigenvalue weighted by Crippen LogP contribution is -2.40. The highest BCUT2D eigenvalue weighted by atomic mass is 19.1. The molecule has 1 aromatic carbocycles. The van der Waals surface area contributed by atoms with E-state index >= 15 is 0 Å². The Morgan fingerprint density at radius 2 is 2.17 bits per heavy atom. The van der Waals surface area contributed by atoms with Gasteiger partial charge in [-0.1, -0.05) is 17.3 Å². The molecule has 2 aromatic rings. The van der Waals surface area contributed by atoms with Crippen LogP contribution in [0.5, 0.6) is 0 Å². The van der Waals surface area contributed by atoms with E-state index in [1.54, 1.807) is 19.1 Å². The summed E-state index contributed by atoms with van der Waals surface area (Å²) < 4.78 is 18.0. The smallest absolute Gasteiger partial charge is 0.322 e. The van der Waals surface area contributed by atoms with Gasteiger partial charge in [-0.05, 0) is 25.1 Å². The van der Waals surface area contributed by atoms with Crippen LogP contribution in [0.3, 0.4) is 0 Å². The third-order valence-corrected chi connectivity index (χ3v) is 2.94. The van der Waals surface area contributed by atoms with Crippen LogP contribution in [0.4, 0.5) is 20.7 Å². The van der Waals surface area contributed by atoms with E-state index in [1.807, 2.05) is 0 Å². The summed E-state index contributed by atoms with van der Waals surface area (Å²) in [7, 11) is 0. The monoisotopic (exact) mass is 332 g/mol. The zero-order valence-electron chi connectivity index (χ0n) is 13.1. The Labute approximate surface area is 138 Å². The van der Waals surface area contributed by atoms with Gasteiger partial charge in [-0.3, -0.25) is 4.79 Å². The molecule has 7 nitrogen and oxygen atoms in total. The Kier molecular flexibility index (Phi) is 5.67. The normalized spacial score (nSPS) is 10.1. The van der Waals surface area contributed by atoms with Gasteiger partial charge >= 0.3 is 6.03 Å². The van der Waals surface area contributed by atoms with E-state index in [-0.39, 0.29) is 18.9 Å². The van der Waals surface area contributed by atoms with Gasteiger partial charge in [0.25, 0.3) is 0 Å². The Bertz CT molecular complexity index is 744. The van der Waals surface area contributed by atoms with E-state index in [0.717, 1.165) is 0 Å². The van der Waals surface area contributed by atoms with Gasteiger partial charge in [0.1, 0.15) is 18.1 Å². The highest BCUT2D eigenvalue weighted by Gasteiger charge is 2.17. The van der Waals surface area contributed by atoms with Crippen molar-refractivity contribution in [2.75, 3.05) is 23.7 Å². The molecule has 24 heavy (non-hydrogen) atoms. The van der Waals surface area contributed by atoms with Crippen molar-refractivity contribution < 1.29 is 18.5 Å². The number of benzene rings is 1. The number of anilines is 2. The van der Waals surface area contributed by atoms with Crippen LogP contribution in [-0.2, 0) is 4.79 Å². The minimum atomic E-state index is -0.549. The number of nitrogens with zero attached hydrogens (tertiary/aromatic N) is 2. The first-order chi connectivity index (χ1) is 11.5. The summed E-state index contributed by atoms with van der Waals surface area (Å²) >= 11 is 0. The summed E-state index contributed by atoms with van der Waals surface area (Å²) in [4.78, 5) is 25.5. The van der Waals surface area contributed by atoms with Crippen molar-refractivity contribution in [3.8, 4) is 0 Å². The lowest BCUT2D eigenvalue weighted by Gasteiger charge is -2.20. The Hall–Kier alpha value is -3.16. The molecule has 0 atom stereocenters. The lowest BCUT2D eigenvalue weighted by atomic mass is 10.3. The molecule has 0 aliphatic carbocycles. The maximum atomic E-state index is 13.2. The lowest BCUT2D eigenvalue weighted by molar-refractivity contribution is -0.116. The largest absolute Gasteiger partial charge is 0.360 e. The van der Waals surface area contributed by atoms with Gasteiger partial charge < -0.3 is 20.1 Å². The number of rotatable bonds is 6. The minimum Gasteiger partial charge on any atom is -0.360 e. The number of aromatic nitrogens is 1. The zero-order chi connectivity index (χ0) is 17.5. The van der Waals surface area contributed by atoms with Crippen molar-refractivity contribution in [3.63, 3.8) is 0 Å². The fourth-order valence-corrected chi connectivity index (χ4v) is 1.92. The van der Waals surface area contributed by atoms with Crippen LogP contribution >= 0.6 is 0 Å². The molecule has 0 radical (unpaired) electrons. The van der Waals surface area contributed by atoms with Crippen molar-refractivity contribution in [2.45, 2.75) is 6.92 Å². The molecule has 1 aromatic heterocycles. The summed E-state index contributed by atoms with van der Waals surface area (Å²) in [6.45, 7) is 5.17. The predicted octanol–water partition coefficient (Wildman–Crippen LogP) is 2.78. The van der Waals surface area contributed by atoms with Gasteiger partial charge in [-0.15, -0.1) is 6.58 Å². The molecule has 1 heterocycles. The number of carbonyl (C=O) groups is 2. The number of urea groups is 1. The second kappa shape index (κ2) is 7.91. The molecule has 126 valence electrons. The molecular formula is C16H17FN4O3. The van der Waals surface area contributed by atoms with E-state index in [0.29, 0.717) is 11.4 Å². The molecule has 0 saturated heterocycles. The first kappa shape index (κ1) is 17.2. The summed E-state index contributed by atoms with van der Waals surface area (Å²) in [5.41, 5.74) is 0.293. The summed E-state index contributed by atoms with van der Waals surface area (Å²) in [5.74, 6) is -0.0968. The molecule has 3 amide bonds. The van der Waals surface area contributed by atoms with E-state index in [9.17, 15) is 14.0 Å². The molecule has 0 unspecified atom stereocenters. The van der Waals surface area contributed by atoms with E-state index < -0.39 is 17.8 Å². The molecule has 0 fully saturated rings. The van der Waals surface area contributed by atoms with Crippen LogP contribution in [0.15, 0.2) is 47.5 Å². The molecular weight excluding hydrogens is 315 g/mol. The Morgan fingerprint density at radius 1 is 1.38 bits per heavy atom. The number of hydrogen-bond donors (Lipinski definition) is 2. The standard InChI is InChI=1S/C16H17FN4O3/c1-3-7-21(10-15(22)19-14-8-11(2)24-20-14)16(23)18-13-6-4-5-12(17)9-13/h3-6,8-9H,1,7,10H2,2H3,(H,18,23)(H,19,20,22). The van der Waals surface area contributed by atoms with Crippen molar-refractivity contribution in [3.05, 3.63) is 54.6 Å². The van der Waals surface area contributed by atoms with Gasteiger partial charge in [-0.25, -0.2) is 9.18 Å². The fourth-order valence-electron chi connectivity index (χ4n) is 1.92. The van der Waals surface area contributed by atoms with Crippen LogP contribution in [0.2, 0.25) is 0 Å². The molecule has 0 aliphatic rings. The van der Waals surface area contributed by atoms with Crippen LogP contribution in [0.1, 0.15) is 5.76 Å². The molecule has 2 N–H and O–H groups in total. The van der Waals surface area contributed by atoms with Crippen LogP contribution in [0, 0.1) is 12.7 Å². The van der Waals surface area contributed by atoms with Crippen LogP contribution in [0.25, 0.3) is 0 Å². The van der Waals surface area contributed by atoms with Gasteiger partial charge in [0.2, 0.25) is 5.91 Å². The van der Waals surface area contributed by atoms with E-state index in [2.05, 4.69) is 22.4 Å². The molecule has 2 rings (SSSR count). The SMILES string of the molecule is C=CCN(CC(=O)Nc1cc(C)on1)C(=O)Nc1cccc(F)c1. The van der Waals surface area contributed by atoms with Crippen molar-refractivity contribution >= 4 is 23.4 Å². The van der Waals surface area contributed by atoms with Crippen molar-refractivity contribution in [1.29, 1.82) is 0 Å². The number of halogens is 1. The van der Waals surface area contributed by atoms with Gasteiger partial charge in [-0.2, -0.15) is 0 Å². The highest BCUT2D eigenvalue weighted by molar-refractivity contribution is 5.96. The molecule has 0 aliphatic heterocycles. The third kappa shape index (κ3) is 4.94. The van der Waals surface area contributed by atoms with E-state index in [1.165, 1.54) is 29.2 Å². The van der Waals surface area contributed by atoms with Crippen LogP contribution in [-0.4, -0.2) is 35.1 Å².